The standard InChI is InChI=1S/C9H14F3NO2.C5H11N3O2.C4H10.C2H6/c1-7(14)5-3-2-4-6-13-8(15)9(10,11)12;1-7-3-5(10)8-2-4(6)9;1-3-4-2;1-2/h2-6H2,1H3,(H,13,15);7H,2-3H2,1H3,(H2,6,9)(H,8,10);3-4H2,1-2H3;1-2H3. The summed E-state index contributed by atoms with van der Waals surface area (Å²) in [6.07, 6.45) is 0.0106. The van der Waals surface area contributed by atoms with E-state index in [2.05, 4.69) is 24.5 Å². The zero-order chi connectivity index (χ0) is 25.3. The Hall–Kier alpha value is -2.17. The summed E-state index contributed by atoms with van der Waals surface area (Å²) in [5, 5.41) is 6.70. The predicted molar refractivity (Wildman–Crippen MR) is 116 cm³/mol. The molecule has 0 saturated heterocycles. The number of unbranched alkanes of at least 4 members (excludes halogenated alkanes) is 3. The van der Waals surface area contributed by atoms with Gasteiger partial charge in [0, 0.05) is 13.0 Å². The van der Waals surface area contributed by atoms with E-state index in [4.69, 9.17) is 5.73 Å². The quantitative estimate of drug-likeness (QED) is 0.353. The Kier molecular flexibility index (Phi) is 30.2. The van der Waals surface area contributed by atoms with Crippen LogP contribution in [-0.2, 0) is 19.2 Å². The van der Waals surface area contributed by atoms with Crippen LogP contribution in [0.15, 0.2) is 0 Å². The molecule has 11 heteroatoms. The first kappa shape index (κ1) is 36.2. The van der Waals surface area contributed by atoms with Crippen LogP contribution in [0.5, 0.6) is 0 Å². The van der Waals surface area contributed by atoms with Gasteiger partial charge in [0.2, 0.25) is 11.8 Å². The molecule has 186 valence electrons. The normalized spacial score (nSPS) is 9.45. The number of halogens is 3. The zero-order valence-corrected chi connectivity index (χ0v) is 19.7. The first-order valence-electron chi connectivity index (χ1n) is 10.5. The number of Topliss-reactive ketones (excluding diaryl/α,β-unsaturated/α-hetero) is 1. The number of likely N-dealkylation sites (N-methyl/N-ethyl adjacent to an activating group) is 1. The number of ketones is 1. The van der Waals surface area contributed by atoms with Gasteiger partial charge >= 0.3 is 12.1 Å². The summed E-state index contributed by atoms with van der Waals surface area (Å²) in [5.41, 5.74) is 4.76. The Morgan fingerprint density at radius 2 is 1.39 bits per heavy atom. The van der Waals surface area contributed by atoms with Gasteiger partial charge < -0.3 is 26.5 Å². The number of alkyl halides is 3. The fourth-order valence-corrected chi connectivity index (χ4v) is 1.39. The number of amides is 3. The molecule has 0 rings (SSSR count). The average molecular weight is 459 g/mol. The van der Waals surface area contributed by atoms with E-state index in [0.29, 0.717) is 25.7 Å². The number of hydrogen-bond acceptors (Lipinski definition) is 5. The van der Waals surface area contributed by atoms with Crippen molar-refractivity contribution >= 4 is 23.5 Å². The van der Waals surface area contributed by atoms with Crippen molar-refractivity contribution < 1.29 is 32.3 Å². The second-order valence-corrected chi connectivity index (χ2v) is 6.04. The van der Waals surface area contributed by atoms with E-state index in [0.717, 1.165) is 0 Å². The summed E-state index contributed by atoms with van der Waals surface area (Å²) in [6, 6.07) is 0. The van der Waals surface area contributed by atoms with Gasteiger partial charge in [-0.25, -0.2) is 0 Å². The number of carbonyl (C=O) groups excluding carboxylic acids is 4. The molecule has 0 fully saturated rings. The summed E-state index contributed by atoms with van der Waals surface area (Å²) < 4.78 is 35.0. The van der Waals surface area contributed by atoms with Gasteiger partial charge in [-0.05, 0) is 26.8 Å². The molecule has 31 heavy (non-hydrogen) atoms. The molecule has 8 nitrogen and oxygen atoms in total. The summed E-state index contributed by atoms with van der Waals surface area (Å²) in [7, 11) is 1.64. The fraction of sp³-hybridized carbons (Fsp3) is 0.800. The molecular formula is C20H41F3N4O4. The lowest BCUT2D eigenvalue weighted by Crippen LogP contribution is -2.37. The monoisotopic (exact) mass is 458 g/mol. The Bertz CT molecular complexity index is 472. The van der Waals surface area contributed by atoms with E-state index < -0.39 is 18.0 Å². The van der Waals surface area contributed by atoms with E-state index in [1.807, 2.05) is 13.8 Å². The van der Waals surface area contributed by atoms with Gasteiger partial charge in [-0.3, -0.25) is 14.4 Å². The maximum absolute atomic E-state index is 11.7. The highest BCUT2D eigenvalue weighted by molar-refractivity contribution is 5.84. The molecule has 5 N–H and O–H groups in total. The SMILES string of the molecule is CC.CC(=O)CCCCCNC(=O)C(F)(F)F.CCCC.CNCC(=O)NCC(N)=O. The number of nitrogens with one attached hydrogen (secondary N) is 3. The predicted octanol–water partition coefficient (Wildman–Crippen LogP) is 2.45. The highest BCUT2D eigenvalue weighted by Gasteiger charge is 2.38. The van der Waals surface area contributed by atoms with Gasteiger partial charge in [-0.15, -0.1) is 0 Å². The van der Waals surface area contributed by atoms with Crippen LogP contribution in [0.25, 0.3) is 0 Å². The second kappa shape index (κ2) is 25.9. The molecule has 0 aliphatic carbocycles. The van der Waals surface area contributed by atoms with E-state index >= 15 is 0 Å². The lowest BCUT2D eigenvalue weighted by Gasteiger charge is -2.07. The number of nitrogens with two attached hydrogens (primary N) is 1. The Labute approximate surface area is 184 Å². The van der Waals surface area contributed by atoms with E-state index in [1.54, 1.807) is 12.4 Å². The van der Waals surface area contributed by atoms with Crippen LogP contribution in [-0.4, -0.2) is 56.4 Å². The molecule has 0 aromatic rings. The van der Waals surface area contributed by atoms with Crippen molar-refractivity contribution in [1.29, 1.82) is 0 Å². The van der Waals surface area contributed by atoms with Crippen molar-refractivity contribution in [2.24, 2.45) is 5.73 Å². The summed E-state index contributed by atoms with van der Waals surface area (Å²) in [6.45, 7) is 9.93. The largest absolute Gasteiger partial charge is 0.471 e. The number of hydrogen-bond donors (Lipinski definition) is 4. The molecule has 0 aromatic heterocycles. The third-order valence-corrected chi connectivity index (χ3v) is 3.05. The van der Waals surface area contributed by atoms with Gasteiger partial charge in [0.15, 0.2) is 0 Å². The van der Waals surface area contributed by atoms with Crippen molar-refractivity contribution in [3.63, 3.8) is 0 Å². The minimum Gasteiger partial charge on any atom is -0.368 e. The van der Waals surface area contributed by atoms with Crippen molar-refractivity contribution in [2.75, 3.05) is 26.7 Å². The Morgan fingerprint density at radius 3 is 1.74 bits per heavy atom. The van der Waals surface area contributed by atoms with Gasteiger partial charge in [0.1, 0.15) is 5.78 Å². The lowest BCUT2D eigenvalue weighted by molar-refractivity contribution is -0.173. The zero-order valence-electron chi connectivity index (χ0n) is 19.7. The summed E-state index contributed by atoms with van der Waals surface area (Å²) >= 11 is 0. The van der Waals surface area contributed by atoms with Crippen LogP contribution in [0.1, 0.15) is 73.1 Å². The average Bonchev–Trinajstić information content (AvgIpc) is 2.70. The molecule has 0 aliphatic heterocycles. The van der Waals surface area contributed by atoms with Crippen LogP contribution in [0.3, 0.4) is 0 Å². The minimum absolute atomic E-state index is 0.00372. The topological polar surface area (TPSA) is 130 Å². The molecule has 0 unspecified atom stereocenters. The fourth-order valence-electron chi connectivity index (χ4n) is 1.39. The molecule has 0 aliphatic rings. The van der Waals surface area contributed by atoms with E-state index in [9.17, 15) is 32.3 Å². The van der Waals surface area contributed by atoms with Gasteiger partial charge in [0.25, 0.3) is 0 Å². The third-order valence-electron chi connectivity index (χ3n) is 3.05. The maximum Gasteiger partial charge on any atom is 0.471 e. The molecule has 0 radical (unpaired) electrons. The molecule has 0 aromatic carbocycles. The highest BCUT2D eigenvalue weighted by atomic mass is 19.4. The second-order valence-electron chi connectivity index (χ2n) is 6.04. The van der Waals surface area contributed by atoms with Crippen molar-refractivity contribution in [1.82, 2.24) is 16.0 Å². The third kappa shape index (κ3) is 39.0. The van der Waals surface area contributed by atoms with Crippen molar-refractivity contribution in [3.05, 3.63) is 0 Å². The van der Waals surface area contributed by atoms with E-state index in [-0.39, 0.29) is 31.3 Å². The number of rotatable bonds is 11. The van der Waals surface area contributed by atoms with E-state index in [1.165, 1.54) is 19.8 Å². The molecule has 0 atom stereocenters. The Balaban J connectivity index is -0.000000196. The molecule has 0 heterocycles. The number of primary amides is 1. The molecular weight excluding hydrogens is 417 g/mol. The summed E-state index contributed by atoms with van der Waals surface area (Å²) in [4.78, 5) is 41.5. The van der Waals surface area contributed by atoms with Gasteiger partial charge in [-0.2, -0.15) is 13.2 Å². The van der Waals surface area contributed by atoms with Crippen LogP contribution in [0.4, 0.5) is 13.2 Å². The van der Waals surface area contributed by atoms with Gasteiger partial charge in [-0.1, -0.05) is 47.0 Å². The van der Waals surface area contributed by atoms with Gasteiger partial charge in [0.05, 0.1) is 13.1 Å². The smallest absolute Gasteiger partial charge is 0.368 e. The molecule has 0 bridgehead atoms. The first-order chi connectivity index (χ1) is 14.4. The van der Waals surface area contributed by atoms with Crippen molar-refractivity contribution in [3.8, 4) is 0 Å². The molecule has 0 spiro atoms. The van der Waals surface area contributed by atoms with Crippen LogP contribution in [0, 0.1) is 0 Å². The first-order valence-corrected chi connectivity index (χ1v) is 10.5. The Morgan fingerprint density at radius 1 is 0.871 bits per heavy atom. The van der Waals surface area contributed by atoms with Crippen LogP contribution < -0.4 is 21.7 Å². The van der Waals surface area contributed by atoms with Crippen LogP contribution >= 0.6 is 0 Å². The lowest BCUT2D eigenvalue weighted by atomic mass is 10.1. The van der Waals surface area contributed by atoms with Crippen molar-refractivity contribution in [2.45, 2.75) is 79.3 Å². The molecule has 3 amide bonds. The minimum atomic E-state index is -4.81. The van der Waals surface area contributed by atoms with Crippen LogP contribution in [0.2, 0.25) is 0 Å². The number of carbonyl (C=O) groups is 4. The summed E-state index contributed by atoms with van der Waals surface area (Å²) in [5.74, 6) is -2.62. The maximum atomic E-state index is 11.7. The molecule has 0 saturated carbocycles. The highest BCUT2D eigenvalue weighted by Crippen LogP contribution is 2.13.